The lowest BCUT2D eigenvalue weighted by Gasteiger charge is -2.28. The predicted molar refractivity (Wildman–Crippen MR) is 47.8 cm³/mol. The molecule has 1 fully saturated rings. The zero-order valence-electron chi connectivity index (χ0n) is 7.47. The predicted octanol–water partition coefficient (Wildman–Crippen LogP) is 0.185. The fourth-order valence-corrected chi connectivity index (χ4v) is 1.62. The first kappa shape index (κ1) is 9.32. The standard InChI is InChI=1S/C8H17N3O/c1-6-3-2-4-7(11-6)5-10-8(9)12/h6-7,11H,2-5H2,1H3,(H3,9,10,12). The van der Waals surface area contributed by atoms with Crippen LogP contribution in [0.25, 0.3) is 0 Å². The SMILES string of the molecule is CC1CCCC(CNC(N)=O)N1. The highest BCUT2D eigenvalue weighted by molar-refractivity contribution is 5.71. The van der Waals surface area contributed by atoms with Gasteiger partial charge in [-0.1, -0.05) is 6.42 Å². The topological polar surface area (TPSA) is 67.1 Å². The van der Waals surface area contributed by atoms with Gasteiger partial charge < -0.3 is 16.4 Å². The van der Waals surface area contributed by atoms with Crippen LogP contribution in [0.4, 0.5) is 4.79 Å². The minimum atomic E-state index is -0.435. The molecule has 4 N–H and O–H groups in total. The van der Waals surface area contributed by atoms with Gasteiger partial charge in [0.05, 0.1) is 0 Å². The lowest BCUT2D eigenvalue weighted by Crippen LogP contribution is -2.48. The van der Waals surface area contributed by atoms with E-state index in [4.69, 9.17) is 5.73 Å². The van der Waals surface area contributed by atoms with Gasteiger partial charge in [-0.25, -0.2) is 4.79 Å². The van der Waals surface area contributed by atoms with Crippen LogP contribution in [0.15, 0.2) is 0 Å². The van der Waals surface area contributed by atoms with Gasteiger partial charge in [-0.2, -0.15) is 0 Å². The van der Waals surface area contributed by atoms with Gasteiger partial charge >= 0.3 is 6.03 Å². The molecule has 4 nitrogen and oxygen atoms in total. The normalized spacial score (nSPS) is 29.8. The zero-order valence-corrected chi connectivity index (χ0v) is 7.47. The number of hydrogen-bond acceptors (Lipinski definition) is 2. The molecule has 0 radical (unpaired) electrons. The number of carbonyl (C=O) groups excluding carboxylic acids is 1. The van der Waals surface area contributed by atoms with Crippen LogP contribution in [-0.4, -0.2) is 24.7 Å². The molecule has 0 spiro atoms. The van der Waals surface area contributed by atoms with Gasteiger partial charge in [-0.15, -0.1) is 0 Å². The van der Waals surface area contributed by atoms with Gasteiger partial charge in [-0.3, -0.25) is 0 Å². The Bertz CT molecular complexity index is 160. The fraction of sp³-hybridized carbons (Fsp3) is 0.875. The van der Waals surface area contributed by atoms with Crippen LogP contribution in [0.1, 0.15) is 26.2 Å². The lowest BCUT2D eigenvalue weighted by atomic mass is 10.00. The molecule has 0 aromatic rings. The summed E-state index contributed by atoms with van der Waals surface area (Å²) in [6, 6.07) is 0.537. The number of nitrogens with one attached hydrogen (secondary N) is 2. The molecular weight excluding hydrogens is 154 g/mol. The van der Waals surface area contributed by atoms with Gasteiger partial charge in [-0.05, 0) is 19.8 Å². The molecule has 0 aliphatic carbocycles. The van der Waals surface area contributed by atoms with Crippen LogP contribution in [0.2, 0.25) is 0 Å². The van der Waals surface area contributed by atoms with E-state index >= 15 is 0 Å². The Hall–Kier alpha value is -0.770. The van der Waals surface area contributed by atoms with Gasteiger partial charge in [0.25, 0.3) is 0 Å². The summed E-state index contributed by atoms with van der Waals surface area (Å²) in [5, 5.41) is 6.01. The molecule has 1 rings (SSSR count). The maximum atomic E-state index is 10.4. The molecule has 1 heterocycles. The van der Waals surface area contributed by atoms with Crippen molar-refractivity contribution in [1.82, 2.24) is 10.6 Å². The number of nitrogens with two attached hydrogens (primary N) is 1. The second-order valence-electron chi connectivity index (χ2n) is 3.44. The summed E-state index contributed by atoms with van der Waals surface area (Å²) in [7, 11) is 0. The van der Waals surface area contributed by atoms with Crippen molar-refractivity contribution in [2.45, 2.75) is 38.3 Å². The van der Waals surface area contributed by atoms with Crippen LogP contribution < -0.4 is 16.4 Å². The minimum absolute atomic E-state index is 0.404. The smallest absolute Gasteiger partial charge is 0.312 e. The first-order chi connectivity index (χ1) is 5.68. The fourth-order valence-electron chi connectivity index (χ4n) is 1.62. The summed E-state index contributed by atoms with van der Waals surface area (Å²) in [6.45, 7) is 2.82. The third-order valence-corrected chi connectivity index (χ3v) is 2.23. The summed E-state index contributed by atoms with van der Waals surface area (Å²) in [5.74, 6) is 0. The number of piperidine rings is 1. The molecular formula is C8H17N3O. The number of hydrogen-bond donors (Lipinski definition) is 3. The molecule has 1 saturated heterocycles. The van der Waals surface area contributed by atoms with E-state index in [1.165, 1.54) is 12.8 Å². The van der Waals surface area contributed by atoms with Crippen molar-refractivity contribution in [2.75, 3.05) is 6.54 Å². The van der Waals surface area contributed by atoms with E-state index in [2.05, 4.69) is 17.6 Å². The van der Waals surface area contributed by atoms with E-state index in [1.807, 2.05) is 0 Å². The summed E-state index contributed by atoms with van der Waals surface area (Å²) < 4.78 is 0. The molecule has 2 amide bonds. The van der Waals surface area contributed by atoms with E-state index in [9.17, 15) is 4.79 Å². The van der Waals surface area contributed by atoms with Crippen molar-refractivity contribution < 1.29 is 4.79 Å². The highest BCUT2D eigenvalue weighted by Crippen LogP contribution is 2.11. The van der Waals surface area contributed by atoms with E-state index < -0.39 is 6.03 Å². The second kappa shape index (κ2) is 4.30. The number of primary amides is 1. The van der Waals surface area contributed by atoms with Crippen LogP contribution in [0.3, 0.4) is 0 Å². The molecule has 0 aromatic heterocycles. The number of amides is 2. The molecule has 12 heavy (non-hydrogen) atoms. The van der Waals surface area contributed by atoms with E-state index in [1.54, 1.807) is 0 Å². The van der Waals surface area contributed by atoms with Crippen LogP contribution in [-0.2, 0) is 0 Å². The Balaban J connectivity index is 2.18. The summed E-state index contributed by atoms with van der Waals surface area (Å²) in [4.78, 5) is 10.4. The first-order valence-electron chi connectivity index (χ1n) is 4.48. The van der Waals surface area contributed by atoms with E-state index in [0.717, 1.165) is 6.42 Å². The van der Waals surface area contributed by atoms with Crippen LogP contribution in [0.5, 0.6) is 0 Å². The average Bonchev–Trinajstić information content (AvgIpc) is 2.01. The van der Waals surface area contributed by atoms with Crippen molar-refractivity contribution in [3.05, 3.63) is 0 Å². The van der Waals surface area contributed by atoms with Crippen LogP contribution >= 0.6 is 0 Å². The number of urea groups is 1. The molecule has 4 heteroatoms. The summed E-state index contributed by atoms with van der Waals surface area (Å²) >= 11 is 0. The highest BCUT2D eigenvalue weighted by Gasteiger charge is 2.17. The third kappa shape index (κ3) is 3.09. The molecule has 0 bridgehead atoms. The van der Waals surface area contributed by atoms with Gasteiger partial charge in [0.15, 0.2) is 0 Å². The second-order valence-corrected chi connectivity index (χ2v) is 3.44. The molecule has 2 atom stereocenters. The number of carbonyl (C=O) groups is 1. The molecule has 0 aromatic carbocycles. The third-order valence-electron chi connectivity index (χ3n) is 2.23. The van der Waals surface area contributed by atoms with Crippen molar-refractivity contribution in [2.24, 2.45) is 5.73 Å². The summed E-state index contributed by atoms with van der Waals surface area (Å²) in [6.07, 6.45) is 3.59. The monoisotopic (exact) mass is 171 g/mol. The maximum Gasteiger partial charge on any atom is 0.312 e. The molecule has 1 aliphatic rings. The zero-order chi connectivity index (χ0) is 8.97. The molecule has 1 aliphatic heterocycles. The van der Waals surface area contributed by atoms with E-state index in [0.29, 0.717) is 18.6 Å². The maximum absolute atomic E-state index is 10.4. The van der Waals surface area contributed by atoms with Crippen molar-refractivity contribution in [1.29, 1.82) is 0 Å². The van der Waals surface area contributed by atoms with Crippen LogP contribution in [0, 0.1) is 0 Å². The molecule has 70 valence electrons. The quantitative estimate of drug-likeness (QED) is 0.555. The highest BCUT2D eigenvalue weighted by atomic mass is 16.2. The van der Waals surface area contributed by atoms with Gasteiger partial charge in [0.2, 0.25) is 0 Å². The Morgan fingerprint density at radius 1 is 1.67 bits per heavy atom. The van der Waals surface area contributed by atoms with Crippen molar-refractivity contribution >= 4 is 6.03 Å². The number of rotatable bonds is 2. The largest absolute Gasteiger partial charge is 0.352 e. The Kier molecular flexibility index (Phi) is 3.34. The average molecular weight is 171 g/mol. The lowest BCUT2D eigenvalue weighted by molar-refractivity contribution is 0.244. The summed E-state index contributed by atoms with van der Waals surface area (Å²) in [5.41, 5.74) is 4.97. The Morgan fingerprint density at radius 2 is 2.42 bits per heavy atom. The van der Waals surface area contributed by atoms with E-state index in [-0.39, 0.29) is 0 Å². The Morgan fingerprint density at radius 3 is 3.00 bits per heavy atom. The van der Waals surface area contributed by atoms with Gasteiger partial charge in [0.1, 0.15) is 0 Å². The molecule has 2 unspecified atom stereocenters. The van der Waals surface area contributed by atoms with Crippen molar-refractivity contribution in [3.63, 3.8) is 0 Å². The van der Waals surface area contributed by atoms with Crippen molar-refractivity contribution in [3.8, 4) is 0 Å². The molecule has 0 saturated carbocycles. The first-order valence-corrected chi connectivity index (χ1v) is 4.48. The van der Waals surface area contributed by atoms with Gasteiger partial charge in [0, 0.05) is 18.6 Å². The Labute approximate surface area is 72.9 Å². The minimum Gasteiger partial charge on any atom is -0.352 e.